The van der Waals surface area contributed by atoms with Gasteiger partial charge in [-0.3, -0.25) is 4.90 Å². The molecule has 1 aromatic carbocycles. The molecule has 1 N–H and O–H groups in total. The lowest BCUT2D eigenvalue weighted by Gasteiger charge is -2.36. The summed E-state index contributed by atoms with van der Waals surface area (Å²) in [5.74, 6) is 0. The van der Waals surface area contributed by atoms with Crippen LogP contribution in [0.25, 0.3) is 0 Å². The van der Waals surface area contributed by atoms with Gasteiger partial charge < -0.3 is 10.2 Å². The van der Waals surface area contributed by atoms with Crippen LogP contribution >= 0.6 is 12.2 Å². The first-order valence-corrected chi connectivity index (χ1v) is 10.0. The van der Waals surface area contributed by atoms with Crippen LogP contribution in [-0.2, 0) is 10.0 Å². The summed E-state index contributed by atoms with van der Waals surface area (Å²) in [6, 6.07) is 6.76. The van der Waals surface area contributed by atoms with E-state index in [1.54, 1.807) is 18.2 Å². The first-order valence-electron chi connectivity index (χ1n) is 8.15. The molecule has 0 aromatic heterocycles. The number of piperazine rings is 1. The minimum absolute atomic E-state index is 0.257. The second-order valence-electron chi connectivity index (χ2n) is 6.07. The van der Waals surface area contributed by atoms with Crippen LogP contribution in [0.2, 0.25) is 0 Å². The second-order valence-corrected chi connectivity index (χ2v) is 8.61. The maximum absolute atomic E-state index is 12.2. The highest BCUT2D eigenvalue weighted by Gasteiger charge is 2.20. The molecule has 0 aliphatic carbocycles. The predicted molar refractivity (Wildman–Crippen MR) is 102 cm³/mol. The lowest BCUT2D eigenvalue weighted by Crippen LogP contribution is -2.50. The number of sulfonamides is 1. The molecule has 6 nitrogen and oxygen atoms in total. The van der Waals surface area contributed by atoms with E-state index in [9.17, 15) is 8.42 Å². The highest BCUT2D eigenvalue weighted by atomic mass is 32.2. The summed E-state index contributed by atoms with van der Waals surface area (Å²) in [5, 5.41) is 3.81. The Morgan fingerprint density at radius 1 is 1.25 bits per heavy atom. The van der Waals surface area contributed by atoms with Crippen molar-refractivity contribution in [3.63, 3.8) is 0 Å². The van der Waals surface area contributed by atoms with Crippen LogP contribution in [0.15, 0.2) is 29.2 Å². The molecule has 2 rings (SSSR count). The molecule has 8 heteroatoms. The van der Waals surface area contributed by atoms with Gasteiger partial charge in [-0.05, 0) is 43.4 Å². The van der Waals surface area contributed by atoms with Crippen LogP contribution in [0.3, 0.4) is 0 Å². The normalized spacial score (nSPS) is 16.4. The molecule has 1 aromatic rings. The molecule has 0 spiro atoms. The van der Waals surface area contributed by atoms with E-state index in [1.165, 1.54) is 18.4 Å². The average Bonchev–Trinajstić information content (AvgIpc) is 2.56. The third kappa shape index (κ3) is 4.66. The molecule has 0 radical (unpaired) electrons. The molecule has 0 saturated carbocycles. The van der Waals surface area contributed by atoms with E-state index in [0.717, 1.165) is 39.1 Å². The van der Waals surface area contributed by atoms with E-state index in [0.29, 0.717) is 10.8 Å². The highest BCUT2D eigenvalue weighted by molar-refractivity contribution is 7.89. The predicted octanol–water partition coefficient (Wildman–Crippen LogP) is 1.66. The fraction of sp³-hybridized carbons (Fsp3) is 0.562. The Morgan fingerprint density at radius 3 is 2.50 bits per heavy atom. The lowest BCUT2D eigenvalue weighted by atomic mass is 10.3. The number of anilines is 1. The molecule has 0 bridgehead atoms. The fourth-order valence-electron chi connectivity index (χ4n) is 2.64. The number of nitrogens with one attached hydrogen (secondary N) is 1. The van der Waals surface area contributed by atoms with E-state index < -0.39 is 10.0 Å². The van der Waals surface area contributed by atoms with Gasteiger partial charge in [0.1, 0.15) is 0 Å². The molecule has 1 fully saturated rings. The maximum Gasteiger partial charge on any atom is 0.242 e. The largest absolute Gasteiger partial charge is 0.346 e. The van der Waals surface area contributed by atoms with Gasteiger partial charge in [0.2, 0.25) is 10.0 Å². The monoisotopic (exact) mass is 370 g/mol. The Balaban J connectivity index is 2.00. The second kappa shape index (κ2) is 8.24. The first kappa shape index (κ1) is 19.1. The Morgan fingerprint density at radius 2 is 1.92 bits per heavy atom. The van der Waals surface area contributed by atoms with Crippen LogP contribution < -0.4 is 5.32 Å². The van der Waals surface area contributed by atoms with Gasteiger partial charge in [0.15, 0.2) is 5.11 Å². The summed E-state index contributed by atoms with van der Waals surface area (Å²) >= 11 is 5.48. The molecule has 134 valence electrons. The smallest absolute Gasteiger partial charge is 0.242 e. The van der Waals surface area contributed by atoms with Crippen molar-refractivity contribution in [3.8, 4) is 0 Å². The van der Waals surface area contributed by atoms with Crippen molar-refractivity contribution >= 4 is 33.0 Å². The Kier molecular flexibility index (Phi) is 6.56. The molecule has 0 atom stereocenters. The van der Waals surface area contributed by atoms with Crippen molar-refractivity contribution in [1.29, 1.82) is 0 Å². The summed E-state index contributed by atoms with van der Waals surface area (Å²) in [6.07, 6.45) is 1.16. The van der Waals surface area contributed by atoms with Crippen molar-refractivity contribution < 1.29 is 8.42 Å². The standard InChI is InChI=1S/C16H26N4O2S2/c1-4-8-19-9-11-20(12-10-19)16(23)17-14-6-5-7-15(13-14)24(21,22)18(2)3/h5-7,13H,4,8-12H2,1-3H3,(H,17,23). The third-order valence-corrected chi connectivity index (χ3v) is 6.23. The van der Waals surface area contributed by atoms with Gasteiger partial charge >= 0.3 is 0 Å². The molecule has 1 saturated heterocycles. The number of rotatable bonds is 5. The van der Waals surface area contributed by atoms with Crippen molar-refractivity contribution in [2.24, 2.45) is 0 Å². The summed E-state index contributed by atoms with van der Waals surface area (Å²) in [4.78, 5) is 4.82. The molecule has 24 heavy (non-hydrogen) atoms. The minimum Gasteiger partial charge on any atom is -0.346 e. The van der Waals surface area contributed by atoms with E-state index in [2.05, 4.69) is 22.0 Å². The van der Waals surface area contributed by atoms with Crippen LogP contribution in [0, 0.1) is 0 Å². The van der Waals surface area contributed by atoms with Crippen molar-refractivity contribution in [2.75, 3.05) is 52.1 Å². The number of benzene rings is 1. The number of thiocarbonyl (C=S) groups is 1. The van der Waals surface area contributed by atoms with Gasteiger partial charge in [-0.25, -0.2) is 12.7 Å². The Hall–Kier alpha value is -1.22. The Labute approximate surface area is 150 Å². The summed E-state index contributed by atoms with van der Waals surface area (Å²) in [5.41, 5.74) is 0.693. The topological polar surface area (TPSA) is 55.9 Å². The van der Waals surface area contributed by atoms with Gasteiger partial charge in [0.25, 0.3) is 0 Å². The minimum atomic E-state index is -3.44. The molecule has 1 aliphatic rings. The van der Waals surface area contributed by atoms with Crippen LogP contribution in [0.1, 0.15) is 13.3 Å². The number of hydrogen-bond acceptors (Lipinski definition) is 4. The zero-order valence-corrected chi connectivity index (χ0v) is 16.2. The van der Waals surface area contributed by atoms with Crippen LogP contribution in [-0.4, -0.2) is 74.5 Å². The number of nitrogens with zero attached hydrogens (tertiary/aromatic N) is 3. The Bertz CT molecular complexity index is 668. The van der Waals surface area contributed by atoms with E-state index >= 15 is 0 Å². The maximum atomic E-state index is 12.2. The van der Waals surface area contributed by atoms with Crippen molar-refractivity contribution in [1.82, 2.24) is 14.1 Å². The molecule has 1 heterocycles. The van der Waals surface area contributed by atoms with E-state index in [-0.39, 0.29) is 4.90 Å². The molecule has 1 aliphatic heterocycles. The van der Waals surface area contributed by atoms with Gasteiger partial charge in [-0.2, -0.15) is 0 Å². The molecule has 0 unspecified atom stereocenters. The van der Waals surface area contributed by atoms with Gasteiger partial charge in [0, 0.05) is 46.0 Å². The van der Waals surface area contributed by atoms with Gasteiger partial charge in [0.05, 0.1) is 4.90 Å². The zero-order valence-electron chi connectivity index (χ0n) is 14.5. The van der Waals surface area contributed by atoms with E-state index in [1.807, 2.05) is 6.07 Å². The van der Waals surface area contributed by atoms with Crippen molar-refractivity contribution in [2.45, 2.75) is 18.2 Å². The molecular weight excluding hydrogens is 344 g/mol. The third-order valence-electron chi connectivity index (χ3n) is 4.06. The van der Waals surface area contributed by atoms with Gasteiger partial charge in [-0.15, -0.1) is 0 Å². The van der Waals surface area contributed by atoms with E-state index in [4.69, 9.17) is 12.2 Å². The van der Waals surface area contributed by atoms with Crippen molar-refractivity contribution in [3.05, 3.63) is 24.3 Å². The zero-order chi connectivity index (χ0) is 17.7. The summed E-state index contributed by atoms with van der Waals surface area (Å²) < 4.78 is 25.6. The lowest BCUT2D eigenvalue weighted by molar-refractivity contribution is 0.184. The molecular formula is C16H26N4O2S2. The average molecular weight is 371 g/mol. The SMILES string of the molecule is CCCN1CCN(C(=S)Nc2cccc(S(=O)(=O)N(C)C)c2)CC1. The quantitative estimate of drug-likeness (QED) is 0.796. The van der Waals surface area contributed by atoms with Gasteiger partial charge in [-0.1, -0.05) is 13.0 Å². The van der Waals surface area contributed by atoms with Crippen LogP contribution in [0.5, 0.6) is 0 Å². The fourth-order valence-corrected chi connectivity index (χ4v) is 3.89. The highest BCUT2D eigenvalue weighted by Crippen LogP contribution is 2.18. The summed E-state index contributed by atoms with van der Waals surface area (Å²) in [7, 11) is -0.397. The number of hydrogen-bond donors (Lipinski definition) is 1. The first-order chi connectivity index (χ1) is 11.3. The molecule has 0 amide bonds. The van der Waals surface area contributed by atoms with Crippen LogP contribution in [0.4, 0.5) is 5.69 Å². The summed E-state index contributed by atoms with van der Waals surface area (Å²) in [6.45, 7) is 7.10.